The average Bonchev–Trinajstić information content (AvgIpc) is 2.42. The zero-order valence-corrected chi connectivity index (χ0v) is 14.1. The summed E-state index contributed by atoms with van der Waals surface area (Å²) in [7, 11) is 1.65. The Kier molecular flexibility index (Phi) is 10.2. The van der Waals surface area contributed by atoms with Crippen molar-refractivity contribution >= 4 is 29.9 Å². The Labute approximate surface area is 136 Å². The monoisotopic (exact) mass is 336 g/mol. The third kappa shape index (κ3) is 7.04. The highest BCUT2D eigenvalue weighted by Crippen LogP contribution is 2.15. The number of nitrogens with one attached hydrogen (secondary N) is 2. The van der Waals surface area contributed by atoms with Crippen molar-refractivity contribution in [1.29, 1.82) is 0 Å². The Balaban J connectivity index is 0.00000400. The zero-order chi connectivity index (χ0) is 15.0. The van der Waals surface area contributed by atoms with E-state index in [0.717, 1.165) is 6.54 Å². The lowest BCUT2D eigenvalue weighted by Crippen LogP contribution is -2.33. The third-order valence-electron chi connectivity index (χ3n) is 2.56. The van der Waals surface area contributed by atoms with Crippen molar-refractivity contribution < 1.29 is 9.53 Å². The van der Waals surface area contributed by atoms with Gasteiger partial charge >= 0.3 is 0 Å². The van der Waals surface area contributed by atoms with Gasteiger partial charge in [-0.05, 0) is 0 Å². The molecule has 2 N–H and O–H groups in total. The van der Waals surface area contributed by atoms with Gasteiger partial charge in [0, 0.05) is 32.7 Å². The van der Waals surface area contributed by atoms with Crippen LogP contribution in [0.3, 0.4) is 0 Å². The second kappa shape index (κ2) is 10.7. The van der Waals surface area contributed by atoms with E-state index in [1.54, 1.807) is 7.11 Å². The van der Waals surface area contributed by atoms with Crippen molar-refractivity contribution in [1.82, 2.24) is 20.6 Å². The molecule has 0 saturated heterocycles. The molecular formula is C13H22Cl2N4O2. The largest absolute Gasteiger partial charge is 0.383 e. The fourth-order valence-corrected chi connectivity index (χ4v) is 1.64. The minimum atomic E-state index is -0.284. The second-order valence-corrected chi connectivity index (χ2v) is 4.99. The molecule has 120 valence electrons. The normalized spacial score (nSPS) is 10.3. The summed E-state index contributed by atoms with van der Waals surface area (Å²) in [4.78, 5) is 20.3. The first-order valence-electron chi connectivity index (χ1n) is 6.56. The molecule has 0 aliphatic heterocycles. The molecule has 6 nitrogen and oxygen atoms in total. The van der Waals surface area contributed by atoms with Crippen LogP contribution in [0.25, 0.3) is 0 Å². The molecule has 1 aromatic rings. The highest BCUT2D eigenvalue weighted by molar-refractivity contribution is 6.33. The van der Waals surface area contributed by atoms with Gasteiger partial charge in [0.15, 0.2) is 0 Å². The standard InChI is InChI=1S/C13H21ClN4O2.ClH/c1-9(2)12-17-8-10(14)11(18-12)13(19)16-5-4-15-6-7-20-3;/h8-9,15H,4-7H2,1-3H3,(H,16,19);1H. The quantitative estimate of drug-likeness (QED) is 0.706. The van der Waals surface area contributed by atoms with Gasteiger partial charge in [-0.3, -0.25) is 4.79 Å². The van der Waals surface area contributed by atoms with E-state index in [2.05, 4.69) is 20.6 Å². The molecule has 0 unspecified atom stereocenters. The van der Waals surface area contributed by atoms with Gasteiger partial charge < -0.3 is 15.4 Å². The maximum atomic E-state index is 12.0. The van der Waals surface area contributed by atoms with Crippen LogP contribution in [0.1, 0.15) is 36.1 Å². The van der Waals surface area contributed by atoms with E-state index in [0.29, 0.717) is 25.5 Å². The molecule has 0 atom stereocenters. The van der Waals surface area contributed by atoms with Crippen molar-refractivity contribution in [2.24, 2.45) is 0 Å². The van der Waals surface area contributed by atoms with Gasteiger partial charge in [0.1, 0.15) is 11.5 Å². The summed E-state index contributed by atoms with van der Waals surface area (Å²) in [5.74, 6) is 0.472. The maximum Gasteiger partial charge on any atom is 0.271 e. The topological polar surface area (TPSA) is 76.1 Å². The van der Waals surface area contributed by atoms with Gasteiger partial charge in [0.25, 0.3) is 5.91 Å². The first-order valence-corrected chi connectivity index (χ1v) is 6.94. The highest BCUT2D eigenvalue weighted by Gasteiger charge is 2.14. The Hall–Kier alpha value is -0.950. The molecule has 0 spiro atoms. The Morgan fingerprint density at radius 3 is 2.71 bits per heavy atom. The summed E-state index contributed by atoms with van der Waals surface area (Å²) >= 11 is 5.96. The number of hydrogen-bond donors (Lipinski definition) is 2. The first kappa shape index (κ1) is 20.1. The maximum absolute atomic E-state index is 12.0. The molecule has 0 radical (unpaired) electrons. The van der Waals surface area contributed by atoms with Crippen LogP contribution < -0.4 is 10.6 Å². The van der Waals surface area contributed by atoms with Gasteiger partial charge in [0.2, 0.25) is 0 Å². The number of hydrogen-bond acceptors (Lipinski definition) is 5. The summed E-state index contributed by atoms with van der Waals surface area (Å²) in [5.41, 5.74) is 0.224. The lowest BCUT2D eigenvalue weighted by Gasteiger charge is -2.09. The number of aromatic nitrogens is 2. The van der Waals surface area contributed by atoms with E-state index in [1.807, 2.05) is 13.8 Å². The molecule has 0 aliphatic carbocycles. The molecular weight excluding hydrogens is 315 g/mol. The molecule has 21 heavy (non-hydrogen) atoms. The number of rotatable bonds is 8. The van der Waals surface area contributed by atoms with E-state index in [9.17, 15) is 4.79 Å². The van der Waals surface area contributed by atoms with Crippen molar-refractivity contribution in [3.05, 3.63) is 22.7 Å². The SMILES string of the molecule is COCCNCCNC(=O)c1nc(C(C)C)ncc1Cl.Cl. The van der Waals surface area contributed by atoms with Crippen molar-refractivity contribution in [2.45, 2.75) is 19.8 Å². The minimum absolute atomic E-state index is 0. The molecule has 0 saturated carbocycles. The van der Waals surface area contributed by atoms with Crippen LogP contribution in [0.5, 0.6) is 0 Å². The van der Waals surface area contributed by atoms with Crippen molar-refractivity contribution in [3.63, 3.8) is 0 Å². The van der Waals surface area contributed by atoms with Crippen LogP contribution in [0.15, 0.2) is 6.20 Å². The van der Waals surface area contributed by atoms with Crippen LogP contribution in [-0.4, -0.2) is 49.2 Å². The molecule has 0 aliphatic rings. The molecule has 0 fully saturated rings. The number of amides is 1. The Morgan fingerprint density at radius 1 is 1.38 bits per heavy atom. The first-order chi connectivity index (χ1) is 9.56. The zero-order valence-electron chi connectivity index (χ0n) is 12.5. The van der Waals surface area contributed by atoms with Gasteiger partial charge in [-0.2, -0.15) is 0 Å². The van der Waals surface area contributed by atoms with Crippen LogP contribution in [0, 0.1) is 0 Å². The molecule has 1 heterocycles. The molecule has 1 rings (SSSR count). The number of carbonyl (C=O) groups excluding carboxylic acids is 1. The van der Waals surface area contributed by atoms with E-state index in [1.165, 1.54) is 6.20 Å². The summed E-state index contributed by atoms with van der Waals surface area (Å²) in [6.07, 6.45) is 1.47. The summed E-state index contributed by atoms with van der Waals surface area (Å²) in [6, 6.07) is 0. The van der Waals surface area contributed by atoms with Crippen LogP contribution in [0.4, 0.5) is 0 Å². The van der Waals surface area contributed by atoms with Crippen molar-refractivity contribution in [3.8, 4) is 0 Å². The number of ether oxygens (including phenoxy) is 1. The summed E-state index contributed by atoms with van der Waals surface area (Å²) in [5, 5.41) is 6.16. The van der Waals surface area contributed by atoms with E-state index < -0.39 is 0 Å². The van der Waals surface area contributed by atoms with E-state index in [4.69, 9.17) is 16.3 Å². The second-order valence-electron chi connectivity index (χ2n) is 4.58. The predicted octanol–water partition coefficient (Wildman–Crippen LogP) is 1.64. The van der Waals surface area contributed by atoms with Crippen molar-refractivity contribution in [2.75, 3.05) is 33.4 Å². The lowest BCUT2D eigenvalue weighted by atomic mass is 10.2. The Bertz CT molecular complexity index is 444. The molecule has 8 heteroatoms. The highest BCUT2D eigenvalue weighted by atomic mass is 35.5. The van der Waals surface area contributed by atoms with E-state index in [-0.39, 0.29) is 34.9 Å². The van der Waals surface area contributed by atoms with Crippen LogP contribution in [0.2, 0.25) is 5.02 Å². The van der Waals surface area contributed by atoms with Crippen LogP contribution in [-0.2, 0) is 4.74 Å². The fourth-order valence-electron chi connectivity index (χ4n) is 1.47. The number of methoxy groups -OCH3 is 1. The average molecular weight is 337 g/mol. The molecule has 0 bridgehead atoms. The van der Waals surface area contributed by atoms with E-state index >= 15 is 0 Å². The Morgan fingerprint density at radius 2 is 2.10 bits per heavy atom. The van der Waals surface area contributed by atoms with Crippen LogP contribution >= 0.6 is 24.0 Å². The fraction of sp³-hybridized carbons (Fsp3) is 0.615. The summed E-state index contributed by atoms with van der Waals surface area (Å²) < 4.78 is 4.91. The molecule has 0 aromatic carbocycles. The number of nitrogens with zero attached hydrogens (tertiary/aromatic N) is 2. The third-order valence-corrected chi connectivity index (χ3v) is 2.84. The van der Waals surface area contributed by atoms with Gasteiger partial charge in [-0.15, -0.1) is 12.4 Å². The number of carbonyl (C=O) groups is 1. The minimum Gasteiger partial charge on any atom is -0.383 e. The number of halogens is 2. The molecule has 1 amide bonds. The smallest absolute Gasteiger partial charge is 0.271 e. The van der Waals surface area contributed by atoms with Gasteiger partial charge in [0.05, 0.1) is 17.8 Å². The molecule has 1 aromatic heterocycles. The lowest BCUT2D eigenvalue weighted by molar-refractivity contribution is 0.0948. The predicted molar refractivity (Wildman–Crippen MR) is 85.5 cm³/mol. The summed E-state index contributed by atoms with van der Waals surface area (Å²) in [6.45, 7) is 6.48. The van der Waals surface area contributed by atoms with Gasteiger partial charge in [-0.1, -0.05) is 25.4 Å². The van der Waals surface area contributed by atoms with Gasteiger partial charge in [-0.25, -0.2) is 9.97 Å².